The lowest BCUT2D eigenvalue weighted by molar-refractivity contribution is -0.120. The minimum absolute atomic E-state index is 0.107. The fourth-order valence-corrected chi connectivity index (χ4v) is 4.19. The molecule has 2 heterocycles. The van der Waals surface area contributed by atoms with Gasteiger partial charge in [-0.25, -0.2) is 4.98 Å². The average molecular weight is 445 g/mol. The molecule has 4 rings (SSSR count). The number of aromatic nitrogens is 1. The highest BCUT2D eigenvalue weighted by molar-refractivity contribution is 7.13. The fraction of sp³-hybridized carbons (Fsp3) is 0.273. The van der Waals surface area contributed by atoms with Gasteiger partial charge in [0.2, 0.25) is 5.91 Å². The summed E-state index contributed by atoms with van der Waals surface area (Å²) in [6, 6.07) is 11.4. The number of carbonyl (C=O) groups excluding carboxylic acids is 1. The monoisotopic (exact) mass is 444 g/mol. The second-order valence-electron chi connectivity index (χ2n) is 6.66. The second-order valence-corrected chi connectivity index (χ2v) is 7.92. The quantitative estimate of drug-likeness (QED) is 0.581. The summed E-state index contributed by atoms with van der Waals surface area (Å²) < 4.78 is 16.6. The largest absolute Gasteiger partial charge is 0.494 e. The first-order valence-corrected chi connectivity index (χ1v) is 10.9. The molecule has 1 aliphatic rings. The van der Waals surface area contributed by atoms with Crippen molar-refractivity contribution in [2.75, 3.05) is 19.8 Å². The van der Waals surface area contributed by atoms with Gasteiger partial charge in [-0.3, -0.25) is 4.79 Å². The number of rotatable bonds is 7. The van der Waals surface area contributed by atoms with Crippen LogP contribution in [0.2, 0.25) is 5.02 Å². The van der Waals surface area contributed by atoms with E-state index in [1.165, 1.54) is 11.3 Å². The number of benzene rings is 2. The van der Waals surface area contributed by atoms with Crippen molar-refractivity contribution in [2.45, 2.75) is 19.9 Å². The summed E-state index contributed by atoms with van der Waals surface area (Å²) >= 11 is 7.76. The lowest BCUT2D eigenvalue weighted by Crippen LogP contribution is -2.25. The van der Waals surface area contributed by atoms with Gasteiger partial charge in [-0.2, -0.15) is 0 Å². The molecule has 3 aromatic rings. The smallest absolute Gasteiger partial charge is 0.226 e. The van der Waals surface area contributed by atoms with E-state index >= 15 is 0 Å². The van der Waals surface area contributed by atoms with Crippen LogP contribution in [0.5, 0.6) is 17.2 Å². The maximum absolute atomic E-state index is 12.4. The lowest BCUT2D eigenvalue weighted by atomic mass is 10.2. The molecule has 0 saturated carbocycles. The van der Waals surface area contributed by atoms with Crippen molar-refractivity contribution in [1.82, 2.24) is 10.3 Å². The van der Waals surface area contributed by atoms with Crippen LogP contribution in [0.4, 0.5) is 0 Å². The number of amides is 1. The average Bonchev–Trinajstić information content (AvgIpc) is 3.21. The molecule has 1 aromatic heterocycles. The minimum atomic E-state index is -0.107. The summed E-state index contributed by atoms with van der Waals surface area (Å²) in [5.74, 6) is 1.89. The molecule has 1 amide bonds. The third-order valence-electron chi connectivity index (χ3n) is 4.45. The van der Waals surface area contributed by atoms with Crippen LogP contribution in [0.15, 0.2) is 41.8 Å². The van der Waals surface area contributed by atoms with Gasteiger partial charge < -0.3 is 19.5 Å². The highest BCUT2D eigenvalue weighted by Gasteiger charge is 2.17. The zero-order chi connectivity index (χ0) is 20.9. The number of halogens is 1. The molecule has 0 spiro atoms. The van der Waals surface area contributed by atoms with Gasteiger partial charge in [-0.1, -0.05) is 11.6 Å². The molecular formula is C22H21ClN2O4S. The van der Waals surface area contributed by atoms with Gasteiger partial charge in [-0.05, 0) is 48.9 Å². The first-order valence-electron chi connectivity index (χ1n) is 9.64. The van der Waals surface area contributed by atoms with Crippen molar-refractivity contribution in [3.63, 3.8) is 0 Å². The molecule has 0 radical (unpaired) electrons. The van der Waals surface area contributed by atoms with Crippen LogP contribution in [-0.4, -0.2) is 30.7 Å². The van der Waals surface area contributed by atoms with Crippen molar-refractivity contribution in [2.24, 2.45) is 0 Å². The Morgan fingerprint density at radius 3 is 2.83 bits per heavy atom. The Kier molecular flexibility index (Phi) is 6.40. The van der Waals surface area contributed by atoms with Gasteiger partial charge in [0, 0.05) is 17.5 Å². The summed E-state index contributed by atoms with van der Waals surface area (Å²) in [6.07, 6.45) is 0.214. The molecule has 1 aliphatic heterocycles. The normalized spacial score (nSPS) is 12.5. The molecule has 0 unspecified atom stereocenters. The number of nitrogens with one attached hydrogen (secondary N) is 1. The molecule has 0 saturated heterocycles. The maximum atomic E-state index is 12.4. The molecule has 0 fully saturated rings. The Hall–Kier alpha value is -2.77. The third-order valence-corrected chi connectivity index (χ3v) is 5.67. The van der Waals surface area contributed by atoms with Crippen LogP contribution in [0.25, 0.3) is 10.6 Å². The second kappa shape index (κ2) is 9.36. The molecule has 156 valence electrons. The van der Waals surface area contributed by atoms with Crippen LogP contribution >= 0.6 is 22.9 Å². The number of ether oxygens (including phenoxy) is 3. The van der Waals surface area contributed by atoms with Crippen molar-refractivity contribution in [1.29, 1.82) is 0 Å². The van der Waals surface area contributed by atoms with E-state index in [0.29, 0.717) is 42.9 Å². The van der Waals surface area contributed by atoms with E-state index in [4.69, 9.17) is 25.8 Å². The van der Waals surface area contributed by atoms with Crippen molar-refractivity contribution in [3.05, 3.63) is 58.1 Å². The predicted molar refractivity (Wildman–Crippen MR) is 117 cm³/mol. The minimum Gasteiger partial charge on any atom is -0.494 e. The molecule has 0 bridgehead atoms. The van der Waals surface area contributed by atoms with Crippen molar-refractivity contribution in [3.8, 4) is 27.8 Å². The van der Waals surface area contributed by atoms with Crippen LogP contribution in [-0.2, 0) is 17.8 Å². The molecule has 30 heavy (non-hydrogen) atoms. The van der Waals surface area contributed by atoms with Gasteiger partial charge in [0.1, 0.15) is 24.0 Å². The van der Waals surface area contributed by atoms with Gasteiger partial charge in [0.05, 0.1) is 23.7 Å². The number of hydrogen-bond acceptors (Lipinski definition) is 6. The highest BCUT2D eigenvalue weighted by Crippen LogP contribution is 2.38. The molecule has 1 N–H and O–H groups in total. The lowest BCUT2D eigenvalue weighted by Gasteiger charge is -2.20. The fourth-order valence-electron chi connectivity index (χ4n) is 3.08. The van der Waals surface area contributed by atoms with Crippen LogP contribution in [0, 0.1) is 0 Å². The zero-order valence-electron chi connectivity index (χ0n) is 16.4. The SMILES string of the molecule is CCOc1ccc(-c2nc(CC(=O)NCc3cc(Cl)c4c(c3)OCCO4)cs2)cc1. The van der Waals surface area contributed by atoms with E-state index in [1.807, 2.05) is 42.6 Å². The topological polar surface area (TPSA) is 69.7 Å². The summed E-state index contributed by atoms with van der Waals surface area (Å²) in [5, 5.41) is 6.17. The van der Waals surface area contributed by atoms with E-state index in [2.05, 4.69) is 10.3 Å². The third kappa shape index (κ3) is 4.86. The number of hydrogen-bond donors (Lipinski definition) is 1. The molecular weight excluding hydrogens is 424 g/mol. The molecule has 6 nitrogen and oxygen atoms in total. The Bertz CT molecular complexity index is 1040. The molecule has 0 atom stereocenters. The van der Waals surface area contributed by atoms with Crippen LogP contribution in [0.3, 0.4) is 0 Å². The Balaban J connectivity index is 1.34. The standard InChI is InChI=1S/C22H21ClN2O4S/c1-2-27-17-5-3-15(4-6-17)22-25-16(13-30-22)11-20(26)24-12-14-9-18(23)21-19(10-14)28-7-8-29-21/h3-6,9-10,13H,2,7-8,11-12H2,1H3,(H,24,26). The van der Waals surface area contributed by atoms with E-state index in [-0.39, 0.29) is 12.3 Å². The zero-order valence-corrected chi connectivity index (χ0v) is 18.0. The number of nitrogens with zero attached hydrogens (tertiary/aromatic N) is 1. The first kappa shape index (κ1) is 20.5. The van der Waals surface area contributed by atoms with E-state index in [9.17, 15) is 4.79 Å². The van der Waals surface area contributed by atoms with Crippen molar-refractivity contribution >= 4 is 28.8 Å². The predicted octanol–water partition coefficient (Wildman–Crippen LogP) is 4.49. The van der Waals surface area contributed by atoms with E-state index in [1.54, 1.807) is 6.07 Å². The van der Waals surface area contributed by atoms with Gasteiger partial charge in [0.25, 0.3) is 0 Å². The number of carbonyl (C=O) groups is 1. The van der Waals surface area contributed by atoms with Crippen LogP contribution < -0.4 is 19.5 Å². The first-order chi connectivity index (χ1) is 14.6. The Morgan fingerprint density at radius 2 is 2.03 bits per heavy atom. The number of fused-ring (bicyclic) bond motifs is 1. The van der Waals surface area contributed by atoms with Gasteiger partial charge in [-0.15, -0.1) is 11.3 Å². The highest BCUT2D eigenvalue weighted by atomic mass is 35.5. The van der Waals surface area contributed by atoms with Gasteiger partial charge in [0.15, 0.2) is 11.5 Å². The summed E-state index contributed by atoms with van der Waals surface area (Å²) in [4.78, 5) is 17.0. The summed E-state index contributed by atoms with van der Waals surface area (Å²) in [6.45, 7) is 3.91. The molecule has 0 aliphatic carbocycles. The van der Waals surface area contributed by atoms with E-state index in [0.717, 1.165) is 27.6 Å². The summed E-state index contributed by atoms with van der Waals surface area (Å²) in [7, 11) is 0. The molecule has 2 aromatic carbocycles. The summed E-state index contributed by atoms with van der Waals surface area (Å²) in [5.41, 5.74) is 2.59. The van der Waals surface area contributed by atoms with Gasteiger partial charge >= 0.3 is 0 Å². The van der Waals surface area contributed by atoms with Crippen LogP contribution in [0.1, 0.15) is 18.2 Å². The number of thiazole rings is 1. The Morgan fingerprint density at radius 1 is 1.23 bits per heavy atom. The molecule has 8 heteroatoms. The Labute approximate surface area is 183 Å². The van der Waals surface area contributed by atoms with Crippen molar-refractivity contribution < 1.29 is 19.0 Å². The van der Waals surface area contributed by atoms with E-state index < -0.39 is 0 Å². The maximum Gasteiger partial charge on any atom is 0.226 e.